The van der Waals surface area contributed by atoms with Crippen molar-refractivity contribution in [3.63, 3.8) is 0 Å². The van der Waals surface area contributed by atoms with Crippen LogP contribution in [0.2, 0.25) is 0 Å². The molecule has 0 unspecified atom stereocenters. The molecule has 4 nitrogen and oxygen atoms in total. The Hall–Kier alpha value is -5.53. The minimum absolute atomic E-state index is 0.0513. The van der Waals surface area contributed by atoms with Crippen molar-refractivity contribution in [3.05, 3.63) is 178 Å². The van der Waals surface area contributed by atoms with Crippen LogP contribution in [0.5, 0.6) is 0 Å². The average Bonchev–Trinajstić information content (AvgIpc) is 3.72. The van der Waals surface area contributed by atoms with Gasteiger partial charge >= 0.3 is 11.9 Å². The lowest BCUT2D eigenvalue weighted by molar-refractivity contribution is -0.143. The largest absolute Gasteiger partial charge is 0.461 e. The average molecular weight is 845 g/mol. The highest BCUT2D eigenvalue weighted by Gasteiger charge is 2.47. The number of esters is 2. The van der Waals surface area contributed by atoms with Gasteiger partial charge in [0, 0.05) is 26.6 Å². The van der Waals surface area contributed by atoms with Crippen LogP contribution in [0.15, 0.2) is 141 Å². The van der Waals surface area contributed by atoms with Gasteiger partial charge in [-0.05, 0) is 142 Å². The highest BCUT2D eigenvalue weighted by atomic mass is 127. The zero-order valence-corrected chi connectivity index (χ0v) is 34.1. The number of hydrogen-bond acceptors (Lipinski definition) is 4. The highest BCUT2D eigenvalue weighted by Crippen LogP contribution is 2.55. The molecule has 0 aliphatic heterocycles. The Labute approximate surface area is 342 Å². The summed E-state index contributed by atoms with van der Waals surface area (Å²) in [6, 6.07) is 41.7. The molecule has 0 heterocycles. The maximum absolute atomic E-state index is 12.8. The van der Waals surface area contributed by atoms with Gasteiger partial charge in [0.05, 0.1) is 5.41 Å². The van der Waals surface area contributed by atoms with Gasteiger partial charge in [-0.2, -0.15) is 0 Å². The molecule has 0 saturated carbocycles. The predicted molar refractivity (Wildman–Crippen MR) is 234 cm³/mol. The number of carbonyl (C=O) groups excluding carboxylic acids is 2. The van der Waals surface area contributed by atoms with Crippen LogP contribution in [0.4, 0.5) is 0 Å². The third kappa shape index (κ3) is 5.31. The molecule has 0 amide bonds. The first-order valence-corrected chi connectivity index (χ1v) is 20.0. The number of hydrogen-bond donors (Lipinski definition) is 0. The third-order valence-corrected chi connectivity index (χ3v) is 13.3. The topological polar surface area (TPSA) is 52.6 Å². The molecule has 6 aromatic rings. The number of halogens is 1. The first-order chi connectivity index (χ1) is 26.9. The normalized spacial score (nSPS) is 15.4. The van der Waals surface area contributed by atoms with E-state index < -0.39 is 17.4 Å². The van der Waals surface area contributed by atoms with E-state index in [9.17, 15) is 9.59 Å². The Kier molecular flexibility index (Phi) is 8.40. The third-order valence-electron chi connectivity index (χ3n) is 12.5. The van der Waals surface area contributed by atoms with Gasteiger partial charge in [0.25, 0.3) is 0 Å². The molecule has 0 aromatic heterocycles. The molecule has 0 N–H and O–H groups in total. The molecule has 6 aromatic carbocycles. The second kappa shape index (κ2) is 13.0. The monoisotopic (exact) mass is 844 g/mol. The smallest absolute Gasteiger partial charge is 0.330 e. The molecule has 56 heavy (non-hydrogen) atoms. The van der Waals surface area contributed by atoms with E-state index in [1.165, 1.54) is 56.7 Å². The van der Waals surface area contributed by atoms with Crippen molar-refractivity contribution in [2.45, 2.75) is 43.9 Å². The maximum atomic E-state index is 12.8. The van der Waals surface area contributed by atoms with Gasteiger partial charge in [0.2, 0.25) is 0 Å². The summed E-state index contributed by atoms with van der Waals surface area (Å²) in [6.45, 7) is 16.4. The summed E-state index contributed by atoms with van der Waals surface area (Å²) >= 11 is 2.43. The van der Waals surface area contributed by atoms with Gasteiger partial charge in [0.1, 0.15) is 13.2 Å². The van der Waals surface area contributed by atoms with Crippen molar-refractivity contribution in [1.82, 2.24) is 0 Å². The molecule has 0 radical (unpaired) electrons. The molecule has 9 rings (SSSR count). The summed E-state index contributed by atoms with van der Waals surface area (Å²) < 4.78 is 13.0. The maximum Gasteiger partial charge on any atom is 0.330 e. The molecule has 0 fully saturated rings. The Bertz CT molecular complexity index is 2670. The van der Waals surface area contributed by atoms with Crippen LogP contribution in [0.1, 0.15) is 61.1 Å². The number of ether oxygens (including phenoxy) is 2. The lowest BCUT2D eigenvalue weighted by Crippen LogP contribution is -2.38. The van der Waals surface area contributed by atoms with Crippen molar-refractivity contribution in [2.75, 3.05) is 13.2 Å². The van der Waals surface area contributed by atoms with Gasteiger partial charge in [-0.15, -0.1) is 0 Å². The zero-order chi connectivity index (χ0) is 39.1. The summed E-state index contributed by atoms with van der Waals surface area (Å²) in [4.78, 5) is 25.7. The van der Waals surface area contributed by atoms with Crippen LogP contribution in [0.25, 0.3) is 55.6 Å². The zero-order valence-electron chi connectivity index (χ0n) is 32.0. The van der Waals surface area contributed by atoms with Gasteiger partial charge < -0.3 is 9.47 Å². The van der Waals surface area contributed by atoms with Gasteiger partial charge in [-0.1, -0.05) is 126 Å². The Morgan fingerprint density at radius 2 is 0.929 bits per heavy atom. The van der Waals surface area contributed by atoms with Crippen molar-refractivity contribution >= 4 is 34.5 Å². The van der Waals surface area contributed by atoms with Crippen molar-refractivity contribution < 1.29 is 19.1 Å². The number of carbonyl (C=O) groups is 2. The fourth-order valence-electron chi connectivity index (χ4n) is 9.53. The van der Waals surface area contributed by atoms with E-state index in [2.05, 4.69) is 179 Å². The van der Waals surface area contributed by atoms with E-state index in [1.54, 1.807) is 0 Å². The molecule has 0 saturated heterocycles. The Morgan fingerprint density at radius 1 is 0.518 bits per heavy atom. The predicted octanol–water partition coefficient (Wildman–Crippen LogP) is 12.0. The molecule has 276 valence electrons. The molecule has 0 bridgehead atoms. The minimum atomic E-state index is -1.02. The van der Waals surface area contributed by atoms with Gasteiger partial charge in [-0.25, -0.2) is 9.59 Å². The fraction of sp³-hybridized carbons (Fsp3) is 0.176. The van der Waals surface area contributed by atoms with Gasteiger partial charge in [-0.3, -0.25) is 0 Å². The van der Waals surface area contributed by atoms with E-state index in [0.717, 1.165) is 48.1 Å². The quantitative estimate of drug-likeness (QED) is 0.0870. The lowest BCUT2D eigenvalue weighted by Gasteiger charge is -2.31. The van der Waals surface area contributed by atoms with E-state index in [4.69, 9.17) is 9.47 Å². The van der Waals surface area contributed by atoms with E-state index in [1.807, 2.05) is 0 Å². The second-order valence-electron chi connectivity index (χ2n) is 16.2. The van der Waals surface area contributed by atoms with Crippen LogP contribution in [0, 0.1) is 3.57 Å². The molecular weight excluding hydrogens is 803 g/mol. The van der Waals surface area contributed by atoms with E-state index in [0.29, 0.717) is 0 Å². The fourth-order valence-corrected chi connectivity index (χ4v) is 10.5. The summed E-state index contributed by atoms with van der Waals surface area (Å²) in [6.07, 6.45) is 2.34. The number of rotatable bonds is 8. The van der Waals surface area contributed by atoms with Gasteiger partial charge in [0.15, 0.2) is 0 Å². The first kappa shape index (κ1) is 36.1. The standard InChI is InChI=1S/C51H41IO4/c1-7-46(53)55-28-51(29-56-47(54)8-2)43-25-31(30-17-20-36-34-13-9-11-15-39(34)49(3,4)41(36)23-30)19-22-38(43)48-44(51)26-33(27-45(48)52)32-18-21-37-35-14-10-12-16-40(35)50(5,6)42(37)24-32/h7-27H,1-2,28-29H2,3-6H3. The number of fused-ring (bicyclic) bond motifs is 9. The molecule has 3 aliphatic carbocycles. The van der Waals surface area contributed by atoms with Crippen molar-refractivity contribution in [1.29, 1.82) is 0 Å². The summed E-state index contributed by atoms with van der Waals surface area (Å²) in [5.41, 5.74) is 17.1. The SMILES string of the molecule is C=CC(=O)OCC1(COC(=O)C=C)c2cc(-c3ccc4c(c3)C(C)(C)c3ccccc3-4)ccc2-c2c(I)cc(-c3ccc4c(c3)C(C)(C)c3ccccc3-4)cc21. The summed E-state index contributed by atoms with van der Waals surface area (Å²) in [5, 5.41) is 0. The highest BCUT2D eigenvalue weighted by molar-refractivity contribution is 14.1. The molecule has 3 aliphatic rings. The van der Waals surface area contributed by atoms with E-state index >= 15 is 0 Å². The Morgan fingerprint density at radius 3 is 1.43 bits per heavy atom. The summed E-state index contributed by atoms with van der Waals surface area (Å²) in [7, 11) is 0. The number of benzene rings is 6. The molecular formula is C51H41IO4. The molecule has 5 heteroatoms. The van der Waals surface area contributed by atoms with Crippen LogP contribution in [-0.4, -0.2) is 25.2 Å². The van der Waals surface area contributed by atoms with Crippen molar-refractivity contribution in [3.8, 4) is 55.6 Å². The second-order valence-corrected chi connectivity index (χ2v) is 17.4. The molecule has 0 atom stereocenters. The lowest BCUT2D eigenvalue weighted by atomic mass is 9.77. The van der Waals surface area contributed by atoms with Crippen LogP contribution in [-0.2, 0) is 35.3 Å². The Balaban J connectivity index is 1.22. The van der Waals surface area contributed by atoms with E-state index in [-0.39, 0.29) is 24.0 Å². The van der Waals surface area contributed by atoms with Crippen LogP contribution >= 0.6 is 22.6 Å². The van der Waals surface area contributed by atoms with Crippen LogP contribution in [0.3, 0.4) is 0 Å². The minimum Gasteiger partial charge on any atom is -0.461 e. The first-order valence-electron chi connectivity index (χ1n) is 19.0. The van der Waals surface area contributed by atoms with Crippen LogP contribution < -0.4 is 0 Å². The van der Waals surface area contributed by atoms with Crippen molar-refractivity contribution in [2.24, 2.45) is 0 Å². The summed E-state index contributed by atoms with van der Waals surface area (Å²) in [5.74, 6) is -1.09. The molecule has 0 spiro atoms.